The highest BCUT2D eigenvalue weighted by Crippen LogP contribution is 2.41. The Morgan fingerprint density at radius 1 is 1.04 bits per heavy atom. The number of rotatable bonds is 4. The van der Waals surface area contributed by atoms with Gasteiger partial charge in [-0.2, -0.15) is 0 Å². The van der Waals surface area contributed by atoms with Crippen molar-refractivity contribution in [3.05, 3.63) is 34.0 Å². The molecule has 0 bridgehead atoms. The molecule has 23 heavy (non-hydrogen) atoms. The van der Waals surface area contributed by atoms with Crippen LogP contribution < -0.4 is 4.74 Å². The van der Waals surface area contributed by atoms with Gasteiger partial charge in [0.2, 0.25) is 0 Å². The fourth-order valence-corrected chi connectivity index (χ4v) is 2.39. The topological polar surface area (TPSA) is 44.5 Å². The van der Waals surface area contributed by atoms with Crippen molar-refractivity contribution in [2.24, 2.45) is 0 Å². The highest BCUT2D eigenvalue weighted by molar-refractivity contribution is 5.78. The number of ether oxygens (including phenoxy) is 2. The van der Waals surface area contributed by atoms with Gasteiger partial charge in [0.1, 0.15) is 12.8 Å². The smallest absolute Gasteiger partial charge is 0.196 e. The maximum Gasteiger partial charge on any atom is 0.196 e. The molecule has 1 atom stereocenters. The third kappa shape index (κ3) is 5.24. The van der Waals surface area contributed by atoms with Crippen LogP contribution in [0.3, 0.4) is 0 Å². The van der Waals surface area contributed by atoms with Crippen LogP contribution in [0, 0.1) is 5.21 Å². The maximum absolute atomic E-state index is 11.5. The van der Waals surface area contributed by atoms with Gasteiger partial charge in [-0.1, -0.05) is 41.5 Å². The Kier molecular flexibility index (Phi) is 5.86. The van der Waals surface area contributed by atoms with E-state index in [9.17, 15) is 5.21 Å². The Morgan fingerprint density at radius 3 is 1.78 bits per heavy atom. The van der Waals surface area contributed by atoms with Crippen LogP contribution in [0.25, 0.3) is 0 Å². The molecule has 1 unspecified atom stereocenters. The molecule has 0 aliphatic heterocycles. The minimum absolute atomic E-state index is 0.117. The van der Waals surface area contributed by atoms with Crippen molar-refractivity contribution in [2.75, 3.05) is 14.2 Å². The summed E-state index contributed by atoms with van der Waals surface area (Å²) >= 11 is 0. The summed E-state index contributed by atoms with van der Waals surface area (Å²) in [6.45, 7) is 14.7. The minimum atomic E-state index is -0.339. The second-order valence-corrected chi connectivity index (χ2v) is 8.04. The van der Waals surface area contributed by atoms with E-state index >= 15 is 0 Å². The van der Waals surface area contributed by atoms with Crippen LogP contribution in [-0.2, 0) is 15.6 Å². The molecule has 0 radical (unpaired) electrons. The van der Waals surface area contributed by atoms with Gasteiger partial charge < -0.3 is 14.7 Å². The predicted molar refractivity (Wildman–Crippen MR) is 95.7 cm³/mol. The van der Waals surface area contributed by atoms with Crippen molar-refractivity contribution >= 4 is 6.21 Å². The molecule has 4 nitrogen and oxygen atoms in total. The molecule has 1 aromatic rings. The van der Waals surface area contributed by atoms with Crippen molar-refractivity contribution in [3.63, 3.8) is 0 Å². The molecule has 0 saturated carbocycles. The molecule has 1 rings (SSSR count). The summed E-state index contributed by atoms with van der Waals surface area (Å²) in [5.41, 5.74) is 2.79. The number of methoxy groups -OCH3 is 1. The Bertz CT molecular complexity index is 538. The summed E-state index contributed by atoms with van der Waals surface area (Å²) in [5, 5.41) is 11.5. The predicted octanol–water partition coefficient (Wildman–Crippen LogP) is 4.21. The molecule has 4 heteroatoms. The summed E-state index contributed by atoms with van der Waals surface area (Å²) in [6, 6.07) is 4.06. The van der Waals surface area contributed by atoms with E-state index in [1.807, 2.05) is 19.1 Å². The van der Waals surface area contributed by atoms with Gasteiger partial charge in [0.25, 0.3) is 0 Å². The van der Waals surface area contributed by atoms with Gasteiger partial charge in [-0.15, -0.1) is 0 Å². The van der Waals surface area contributed by atoms with Gasteiger partial charge in [-0.25, -0.2) is 4.74 Å². The van der Waals surface area contributed by atoms with Crippen LogP contribution in [-0.4, -0.2) is 31.4 Å². The summed E-state index contributed by atoms with van der Waals surface area (Å²) in [6.07, 6.45) is 1.25. The third-order valence-corrected chi connectivity index (χ3v) is 3.67. The lowest BCUT2D eigenvalue weighted by atomic mass is 9.78. The number of hydrogen-bond acceptors (Lipinski definition) is 3. The normalized spacial score (nSPS) is 14.7. The zero-order valence-electron chi connectivity index (χ0n) is 16.0. The van der Waals surface area contributed by atoms with Crippen LogP contribution in [0.2, 0.25) is 0 Å². The van der Waals surface area contributed by atoms with Crippen molar-refractivity contribution in [1.29, 1.82) is 0 Å². The highest BCUT2D eigenvalue weighted by atomic mass is 16.7. The number of hydroxylamine groups is 1. The lowest BCUT2D eigenvalue weighted by molar-refractivity contribution is -0.416. The van der Waals surface area contributed by atoms with Crippen molar-refractivity contribution in [1.82, 2.24) is 0 Å². The van der Waals surface area contributed by atoms with E-state index < -0.39 is 0 Å². The van der Waals surface area contributed by atoms with Gasteiger partial charge >= 0.3 is 0 Å². The van der Waals surface area contributed by atoms with E-state index in [-0.39, 0.29) is 17.1 Å². The maximum atomic E-state index is 11.5. The summed E-state index contributed by atoms with van der Waals surface area (Å²) in [5.74, 6) is 0.852. The first-order valence-electron chi connectivity index (χ1n) is 7.99. The van der Waals surface area contributed by atoms with E-state index in [1.165, 1.54) is 7.05 Å². The Hall–Kier alpha value is -1.55. The first-order chi connectivity index (χ1) is 10.4. The average molecular weight is 321 g/mol. The van der Waals surface area contributed by atoms with Crippen LogP contribution in [0.5, 0.6) is 5.75 Å². The van der Waals surface area contributed by atoms with E-state index in [0.717, 1.165) is 27.2 Å². The zero-order valence-corrected chi connectivity index (χ0v) is 16.0. The minimum Gasteiger partial charge on any atom is -0.624 e. The Morgan fingerprint density at radius 2 is 1.48 bits per heavy atom. The first-order valence-corrected chi connectivity index (χ1v) is 7.99. The van der Waals surface area contributed by atoms with Crippen molar-refractivity contribution in [3.8, 4) is 5.75 Å². The molecule has 0 fully saturated rings. The highest BCUT2D eigenvalue weighted by Gasteiger charge is 2.29. The van der Waals surface area contributed by atoms with Crippen LogP contribution in [0.15, 0.2) is 12.1 Å². The molecular weight excluding hydrogens is 290 g/mol. The first kappa shape index (κ1) is 19.5. The van der Waals surface area contributed by atoms with Crippen LogP contribution >= 0.6 is 0 Å². The quantitative estimate of drug-likeness (QED) is 0.274. The molecule has 0 spiro atoms. The molecule has 0 heterocycles. The molecule has 0 aliphatic rings. The van der Waals surface area contributed by atoms with Crippen LogP contribution in [0.1, 0.15) is 65.2 Å². The molecule has 0 N–H and O–H groups in total. The van der Waals surface area contributed by atoms with Crippen LogP contribution in [0.4, 0.5) is 0 Å². The lowest BCUT2D eigenvalue weighted by Crippen LogP contribution is -2.24. The Balaban J connectivity index is 3.70. The molecule has 0 saturated heterocycles. The second-order valence-electron chi connectivity index (χ2n) is 8.04. The van der Waals surface area contributed by atoms with E-state index in [4.69, 9.17) is 9.47 Å². The van der Waals surface area contributed by atoms with E-state index in [2.05, 4.69) is 41.5 Å². The van der Waals surface area contributed by atoms with Crippen molar-refractivity contribution in [2.45, 2.75) is 65.6 Å². The monoisotopic (exact) mass is 321 g/mol. The van der Waals surface area contributed by atoms with Gasteiger partial charge in [0.05, 0.1) is 0 Å². The Labute approximate surface area is 140 Å². The number of benzene rings is 1. The molecule has 0 aromatic heterocycles. The zero-order chi connectivity index (χ0) is 18.0. The molecular formula is C19H31NO3. The van der Waals surface area contributed by atoms with Gasteiger partial charge in [-0.3, -0.25) is 0 Å². The van der Waals surface area contributed by atoms with Gasteiger partial charge in [-0.05, 0) is 29.9 Å². The van der Waals surface area contributed by atoms with E-state index in [1.54, 1.807) is 13.3 Å². The third-order valence-electron chi connectivity index (χ3n) is 3.67. The van der Waals surface area contributed by atoms with Gasteiger partial charge in [0, 0.05) is 23.8 Å². The van der Waals surface area contributed by atoms with Gasteiger partial charge in [0.15, 0.2) is 12.5 Å². The average Bonchev–Trinajstić information content (AvgIpc) is 2.36. The number of nitrogens with zero attached hydrogens (tertiary/aromatic N) is 1. The van der Waals surface area contributed by atoms with E-state index in [0.29, 0.717) is 0 Å². The largest absolute Gasteiger partial charge is 0.624 e. The number of hydrogen-bond donors (Lipinski definition) is 0. The molecule has 0 amide bonds. The summed E-state index contributed by atoms with van der Waals surface area (Å²) in [4.78, 5) is 0. The lowest BCUT2D eigenvalue weighted by Gasteiger charge is -2.31. The van der Waals surface area contributed by atoms with Crippen molar-refractivity contribution < 1.29 is 14.2 Å². The fraction of sp³-hybridized carbons (Fsp3) is 0.632. The molecule has 130 valence electrons. The fourth-order valence-electron chi connectivity index (χ4n) is 2.39. The molecule has 1 aromatic carbocycles. The second kappa shape index (κ2) is 6.91. The standard InChI is InChI=1S/C19H31NO3/c1-13(22-9)23-17-15(18(2,3)4)10-14(12-20(8)21)11-16(17)19(5,6)7/h10-13H,1-9H3/b20-12+. The molecule has 0 aliphatic carbocycles. The summed E-state index contributed by atoms with van der Waals surface area (Å²) < 4.78 is 12.2. The SMILES string of the molecule is COC(C)Oc1c(C(C)(C)C)cc(/C=[N+](\C)[O-])cc1C(C)(C)C. The summed E-state index contributed by atoms with van der Waals surface area (Å²) in [7, 11) is 3.12.